The summed E-state index contributed by atoms with van der Waals surface area (Å²) in [6.07, 6.45) is 6.14. The molecule has 0 radical (unpaired) electrons. The van der Waals surface area contributed by atoms with Gasteiger partial charge in [0.05, 0.1) is 24.1 Å². The third-order valence-electron chi connectivity index (χ3n) is 4.84. The van der Waals surface area contributed by atoms with Gasteiger partial charge in [-0.15, -0.1) is 0 Å². The summed E-state index contributed by atoms with van der Waals surface area (Å²) in [4.78, 5) is 27.4. The van der Waals surface area contributed by atoms with Crippen molar-refractivity contribution in [2.75, 3.05) is 24.1 Å². The van der Waals surface area contributed by atoms with E-state index in [0.717, 1.165) is 17.7 Å². The van der Waals surface area contributed by atoms with Gasteiger partial charge in [-0.3, -0.25) is 10.3 Å². The lowest BCUT2D eigenvalue weighted by Crippen LogP contribution is -2.34. The molecule has 1 aromatic heterocycles. The van der Waals surface area contributed by atoms with Gasteiger partial charge in [0.1, 0.15) is 5.82 Å². The van der Waals surface area contributed by atoms with Crippen molar-refractivity contribution < 1.29 is 9.18 Å². The van der Waals surface area contributed by atoms with Gasteiger partial charge >= 0.3 is 6.03 Å². The van der Waals surface area contributed by atoms with Gasteiger partial charge in [0.25, 0.3) is 0 Å². The van der Waals surface area contributed by atoms with Crippen LogP contribution in [0.3, 0.4) is 0 Å². The molecule has 0 aliphatic carbocycles. The molecule has 0 saturated heterocycles. The molecule has 0 saturated carbocycles. The number of amides is 2. The predicted octanol–water partition coefficient (Wildman–Crippen LogP) is 4.41. The van der Waals surface area contributed by atoms with E-state index in [4.69, 9.17) is 5.73 Å². The topological polar surface area (TPSA) is 96.5 Å². The number of hydrogen-bond donors (Lipinski definition) is 2. The third kappa shape index (κ3) is 5.08. The highest BCUT2D eigenvalue weighted by molar-refractivity contribution is 5.92. The Morgan fingerprint density at radius 2 is 2.07 bits per heavy atom. The first kappa shape index (κ1) is 21.2. The molecule has 30 heavy (non-hydrogen) atoms. The Labute approximate surface area is 175 Å². The molecule has 3 rings (SSSR count). The number of rotatable bonds is 5. The van der Waals surface area contributed by atoms with Crippen LogP contribution in [0.2, 0.25) is 0 Å². The molecule has 8 heteroatoms. The van der Waals surface area contributed by atoms with Crippen molar-refractivity contribution in [2.24, 2.45) is 4.99 Å². The molecule has 2 heterocycles. The van der Waals surface area contributed by atoms with Crippen LogP contribution in [-0.2, 0) is 0 Å². The largest absolute Gasteiger partial charge is 0.394 e. The van der Waals surface area contributed by atoms with Gasteiger partial charge < -0.3 is 10.6 Å². The van der Waals surface area contributed by atoms with Gasteiger partial charge in [-0.1, -0.05) is 12.5 Å². The SMILES string of the molecule is CC/C(C)=C\C=NC1=C(C)CN(C(=O)Nc2nc(-c3ccc(F)cc3)ncc2N)C1. The van der Waals surface area contributed by atoms with Crippen molar-refractivity contribution in [3.63, 3.8) is 0 Å². The number of aromatic nitrogens is 2. The molecule has 1 aromatic carbocycles. The first-order valence-corrected chi connectivity index (χ1v) is 9.70. The number of nitrogens with one attached hydrogen (secondary N) is 1. The van der Waals surface area contributed by atoms with Crippen molar-refractivity contribution in [3.8, 4) is 11.4 Å². The monoisotopic (exact) mass is 408 g/mol. The Hall–Kier alpha value is -3.55. The van der Waals surface area contributed by atoms with E-state index >= 15 is 0 Å². The number of halogens is 1. The maximum atomic E-state index is 13.1. The van der Waals surface area contributed by atoms with Crippen LogP contribution in [0.4, 0.5) is 20.7 Å². The summed E-state index contributed by atoms with van der Waals surface area (Å²) in [5, 5.41) is 2.74. The zero-order valence-corrected chi connectivity index (χ0v) is 17.3. The molecule has 0 fully saturated rings. The fourth-order valence-electron chi connectivity index (χ4n) is 2.83. The molecule has 0 atom stereocenters. The highest BCUT2D eigenvalue weighted by Crippen LogP contribution is 2.23. The highest BCUT2D eigenvalue weighted by atomic mass is 19.1. The normalized spacial score (nSPS) is 14.7. The van der Waals surface area contributed by atoms with Crippen LogP contribution in [0, 0.1) is 5.82 Å². The predicted molar refractivity (Wildman–Crippen MR) is 118 cm³/mol. The lowest BCUT2D eigenvalue weighted by Gasteiger charge is -2.17. The second-order valence-electron chi connectivity index (χ2n) is 7.16. The Kier molecular flexibility index (Phi) is 6.56. The maximum Gasteiger partial charge on any atom is 0.323 e. The minimum Gasteiger partial charge on any atom is -0.394 e. The molecule has 1 aliphatic rings. The van der Waals surface area contributed by atoms with Crippen molar-refractivity contribution in [3.05, 3.63) is 59.2 Å². The number of nitrogens with zero attached hydrogens (tertiary/aromatic N) is 4. The number of allylic oxidation sites excluding steroid dienone is 2. The van der Waals surface area contributed by atoms with E-state index < -0.39 is 0 Å². The molecular weight excluding hydrogens is 383 g/mol. The summed E-state index contributed by atoms with van der Waals surface area (Å²) in [7, 11) is 0. The van der Waals surface area contributed by atoms with Crippen LogP contribution < -0.4 is 11.1 Å². The molecule has 3 N–H and O–H groups in total. The minimum absolute atomic E-state index is 0.213. The quantitative estimate of drug-likeness (QED) is 0.716. The number of nitrogens with two attached hydrogens (primary N) is 1. The first-order valence-electron chi connectivity index (χ1n) is 9.70. The van der Waals surface area contributed by atoms with Crippen LogP contribution in [0.5, 0.6) is 0 Å². The maximum absolute atomic E-state index is 13.1. The van der Waals surface area contributed by atoms with E-state index in [0.29, 0.717) is 24.5 Å². The number of benzene rings is 1. The molecule has 0 spiro atoms. The van der Waals surface area contributed by atoms with Crippen molar-refractivity contribution in [2.45, 2.75) is 27.2 Å². The van der Waals surface area contributed by atoms with Gasteiger partial charge in [0.2, 0.25) is 0 Å². The number of carbonyl (C=O) groups excluding carboxylic acids is 1. The van der Waals surface area contributed by atoms with Gasteiger partial charge in [-0.25, -0.2) is 19.2 Å². The van der Waals surface area contributed by atoms with Gasteiger partial charge in [-0.05, 0) is 56.2 Å². The summed E-state index contributed by atoms with van der Waals surface area (Å²) in [6, 6.07) is 5.46. The molecule has 0 bridgehead atoms. The molecule has 2 aromatic rings. The van der Waals surface area contributed by atoms with Crippen LogP contribution in [0.1, 0.15) is 27.2 Å². The third-order valence-corrected chi connectivity index (χ3v) is 4.84. The first-order chi connectivity index (χ1) is 14.4. The summed E-state index contributed by atoms with van der Waals surface area (Å²) < 4.78 is 13.1. The highest BCUT2D eigenvalue weighted by Gasteiger charge is 2.24. The van der Waals surface area contributed by atoms with E-state index in [1.807, 2.05) is 19.9 Å². The van der Waals surface area contributed by atoms with Gasteiger partial charge in [0.15, 0.2) is 11.6 Å². The number of urea groups is 1. The van der Waals surface area contributed by atoms with Crippen molar-refractivity contribution in [1.82, 2.24) is 14.9 Å². The fourth-order valence-corrected chi connectivity index (χ4v) is 2.83. The number of carbonyl (C=O) groups is 1. The van der Waals surface area contributed by atoms with Gasteiger partial charge in [0, 0.05) is 18.3 Å². The zero-order valence-electron chi connectivity index (χ0n) is 17.3. The van der Waals surface area contributed by atoms with E-state index in [2.05, 4.69) is 27.2 Å². The number of anilines is 2. The Balaban J connectivity index is 1.69. The summed E-state index contributed by atoms with van der Waals surface area (Å²) >= 11 is 0. The van der Waals surface area contributed by atoms with Crippen LogP contribution in [0.15, 0.2) is 58.4 Å². The standard InChI is InChI=1S/C22H25FN6O/c1-4-14(2)9-10-25-19-13-29(12-15(19)3)22(30)28-21-18(24)11-26-20(27-21)16-5-7-17(23)8-6-16/h5-11H,4,12-13,24H2,1-3H3,(H,26,27,28,30)/b14-9-,25-10?. The number of hydrogen-bond acceptors (Lipinski definition) is 5. The lowest BCUT2D eigenvalue weighted by atomic mass is 10.2. The Morgan fingerprint density at radius 3 is 2.77 bits per heavy atom. The smallest absolute Gasteiger partial charge is 0.323 e. The van der Waals surface area contributed by atoms with E-state index in [9.17, 15) is 9.18 Å². The van der Waals surface area contributed by atoms with Crippen LogP contribution in [-0.4, -0.2) is 40.2 Å². The summed E-state index contributed by atoms with van der Waals surface area (Å²) in [5.74, 6) is 0.211. The lowest BCUT2D eigenvalue weighted by molar-refractivity contribution is 0.223. The molecule has 1 aliphatic heterocycles. The second-order valence-corrected chi connectivity index (χ2v) is 7.16. The zero-order chi connectivity index (χ0) is 21.7. The molecule has 156 valence electrons. The Bertz CT molecular complexity index is 1030. The second kappa shape index (κ2) is 9.30. The Morgan fingerprint density at radius 1 is 1.33 bits per heavy atom. The molecule has 7 nitrogen and oxygen atoms in total. The molecule has 0 unspecified atom stereocenters. The fraction of sp³-hybridized carbons (Fsp3) is 0.273. The van der Waals surface area contributed by atoms with Crippen LogP contribution in [0.25, 0.3) is 11.4 Å². The molecule has 2 amide bonds. The van der Waals surface area contributed by atoms with Gasteiger partial charge in [-0.2, -0.15) is 0 Å². The average Bonchev–Trinajstić information content (AvgIpc) is 3.11. The number of nitrogen functional groups attached to an aromatic ring is 1. The molecular formula is C22H25FN6O. The van der Waals surface area contributed by atoms with Crippen LogP contribution >= 0.6 is 0 Å². The summed E-state index contributed by atoms with van der Waals surface area (Å²) in [5.41, 5.74) is 9.95. The van der Waals surface area contributed by atoms with E-state index in [1.54, 1.807) is 23.2 Å². The summed E-state index contributed by atoms with van der Waals surface area (Å²) in [6.45, 7) is 6.98. The van der Waals surface area contributed by atoms with Crippen molar-refractivity contribution >= 4 is 23.8 Å². The number of aliphatic imine (C=N–C) groups is 1. The minimum atomic E-state index is -0.349. The van der Waals surface area contributed by atoms with Crippen molar-refractivity contribution in [1.29, 1.82) is 0 Å². The average molecular weight is 408 g/mol. The van der Waals surface area contributed by atoms with E-state index in [1.165, 1.54) is 23.9 Å². The van der Waals surface area contributed by atoms with E-state index in [-0.39, 0.29) is 23.4 Å².